The van der Waals surface area contributed by atoms with Crippen molar-refractivity contribution in [1.82, 2.24) is 0 Å². The summed E-state index contributed by atoms with van der Waals surface area (Å²) >= 11 is 11.8. The third kappa shape index (κ3) is 5.28. The number of halogens is 2. The molecule has 0 unspecified atom stereocenters. The number of carbonyl (C=O) groups is 2. The molecule has 2 aromatic rings. The van der Waals surface area contributed by atoms with Gasteiger partial charge in [0, 0.05) is 16.8 Å². The topological polar surface area (TPSA) is 76.7 Å². The van der Waals surface area contributed by atoms with Crippen molar-refractivity contribution in [3.63, 3.8) is 0 Å². The van der Waals surface area contributed by atoms with E-state index < -0.39 is 11.8 Å². The number of carbonyl (C=O) groups excluding carboxylic acids is 2. The monoisotopic (exact) mass is 396 g/mol. The molecule has 0 aliphatic carbocycles. The molecule has 2 aromatic carbocycles. The highest BCUT2D eigenvalue weighted by atomic mass is 35.5. The number of amides is 2. The Morgan fingerprint density at radius 3 is 2.19 bits per heavy atom. The highest BCUT2D eigenvalue weighted by Crippen LogP contribution is 2.30. The second-order valence-corrected chi connectivity index (χ2v) is 5.90. The smallest absolute Gasteiger partial charge is 0.314 e. The molecule has 0 saturated heterocycles. The Morgan fingerprint density at radius 2 is 1.54 bits per heavy atom. The van der Waals surface area contributed by atoms with Crippen LogP contribution in [-0.4, -0.2) is 25.0 Å². The number of hydrogen-bond acceptors (Lipinski definition) is 4. The zero-order chi connectivity index (χ0) is 19.1. The van der Waals surface area contributed by atoms with E-state index in [1.807, 2.05) is 13.8 Å². The van der Waals surface area contributed by atoms with Crippen molar-refractivity contribution >= 4 is 46.4 Å². The highest BCUT2D eigenvalue weighted by Gasteiger charge is 2.16. The number of ether oxygens (including phenoxy) is 2. The summed E-state index contributed by atoms with van der Waals surface area (Å²) in [5.41, 5.74) is 0.692. The molecular formula is C18H18Cl2N2O4. The fourth-order valence-electron chi connectivity index (χ4n) is 2.09. The van der Waals surface area contributed by atoms with Gasteiger partial charge in [0.25, 0.3) is 0 Å². The lowest BCUT2D eigenvalue weighted by Crippen LogP contribution is -2.29. The normalized spacial score (nSPS) is 10.2. The van der Waals surface area contributed by atoms with Crippen LogP contribution in [0.15, 0.2) is 36.4 Å². The maximum absolute atomic E-state index is 12.1. The van der Waals surface area contributed by atoms with Gasteiger partial charge < -0.3 is 20.1 Å². The van der Waals surface area contributed by atoms with Crippen molar-refractivity contribution in [1.29, 1.82) is 0 Å². The first-order valence-electron chi connectivity index (χ1n) is 7.91. The van der Waals surface area contributed by atoms with E-state index in [2.05, 4.69) is 10.6 Å². The third-order valence-electron chi connectivity index (χ3n) is 3.19. The van der Waals surface area contributed by atoms with Gasteiger partial charge in [-0.1, -0.05) is 23.2 Å². The molecule has 26 heavy (non-hydrogen) atoms. The molecule has 0 aliphatic heterocycles. The first-order chi connectivity index (χ1) is 12.4. The summed E-state index contributed by atoms with van der Waals surface area (Å²) in [6.07, 6.45) is 0. The molecule has 0 bridgehead atoms. The minimum absolute atomic E-state index is 0.235. The Labute approximate surface area is 161 Å². The van der Waals surface area contributed by atoms with Crippen LogP contribution in [0.25, 0.3) is 0 Å². The van der Waals surface area contributed by atoms with Crippen molar-refractivity contribution in [2.45, 2.75) is 13.8 Å². The molecule has 2 N–H and O–H groups in total. The lowest BCUT2D eigenvalue weighted by Gasteiger charge is -2.13. The van der Waals surface area contributed by atoms with Gasteiger partial charge >= 0.3 is 11.8 Å². The fourth-order valence-corrected chi connectivity index (χ4v) is 2.54. The third-order valence-corrected chi connectivity index (χ3v) is 3.73. The Morgan fingerprint density at radius 1 is 0.885 bits per heavy atom. The summed E-state index contributed by atoms with van der Waals surface area (Å²) in [6, 6.07) is 9.42. The van der Waals surface area contributed by atoms with Crippen LogP contribution >= 0.6 is 23.2 Å². The van der Waals surface area contributed by atoms with Crippen LogP contribution in [0.1, 0.15) is 13.8 Å². The van der Waals surface area contributed by atoms with E-state index in [1.54, 1.807) is 24.3 Å². The Bertz CT molecular complexity index is 812. The van der Waals surface area contributed by atoms with Crippen molar-refractivity contribution < 1.29 is 19.1 Å². The van der Waals surface area contributed by atoms with Crippen LogP contribution in [0.4, 0.5) is 11.4 Å². The molecule has 0 heterocycles. The number of benzene rings is 2. The van der Waals surface area contributed by atoms with E-state index in [9.17, 15) is 9.59 Å². The maximum Gasteiger partial charge on any atom is 0.314 e. The second-order valence-electron chi connectivity index (χ2n) is 5.06. The Hall–Kier alpha value is -2.44. The standard InChI is InChI=1S/C18H18Cl2N2O4/c1-3-25-15-8-6-12(10-16(15)26-4-2)21-17(23)18(24)22-14-7-5-11(19)9-13(14)20/h5-10H,3-4H2,1-2H3,(H,21,23)(H,22,24). The predicted octanol–water partition coefficient (Wildman–Crippen LogP) is 4.37. The summed E-state index contributed by atoms with van der Waals surface area (Å²) in [5, 5.41) is 5.60. The summed E-state index contributed by atoms with van der Waals surface area (Å²) in [6.45, 7) is 4.62. The van der Waals surface area contributed by atoms with Crippen LogP contribution in [0.3, 0.4) is 0 Å². The minimum atomic E-state index is -0.860. The molecule has 8 heteroatoms. The van der Waals surface area contributed by atoms with Gasteiger partial charge in [-0.3, -0.25) is 9.59 Å². The SMILES string of the molecule is CCOc1ccc(NC(=O)C(=O)Nc2ccc(Cl)cc2Cl)cc1OCC. The summed E-state index contributed by atoms with van der Waals surface area (Å²) in [7, 11) is 0. The fraction of sp³-hybridized carbons (Fsp3) is 0.222. The largest absolute Gasteiger partial charge is 0.490 e. The molecule has 0 atom stereocenters. The molecule has 0 aromatic heterocycles. The molecule has 0 spiro atoms. The van der Waals surface area contributed by atoms with Crippen LogP contribution in [0.2, 0.25) is 10.0 Å². The number of rotatable bonds is 6. The molecule has 2 amide bonds. The van der Waals surface area contributed by atoms with Crippen molar-refractivity contribution in [3.8, 4) is 11.5 Å². The van der Waals surface area contributed by atoms with Gasteiger partial charge in [-0.15, -0.1) is 0 Å². The molecule has 0 saturated carbocycles. The number of nitrogens with one attached hydrogen (secondary N) is 2. The Balaban J connectivity index is 2.08. The van der Waals surface area contributed by atoms with Crippen molar-refractivity contribution in [2.75, 3.05) is 23.8 Å². The molecular weight excluding hydrogens is 379 g/mol. The maximum atomic E-state index is 12.1. The zero-order valence-electron chi connectivity index (χ0n) is 14.3. The Kier molecular flexibility index (Phi) is 7.12. The molecule has 0 radical (unpaired) electrons. The number of anilines is 2. The van der Waals surface area contributed by atoms with Crippen LogP contribution in [-0.2, 0) is 9.59 Å². The van der Waals surface area contributed by atoms with E-state index in [4.69, 9.17) is 32.7 Å². The van der Waals surface area contributed by atoms with Gasteiger partial charge in [0.15, 0.2) is 11.5 Å². The molecule has 0 fully saturated rings. The van der Waals surface area contributed by atoms with E-state index in [1.165, 1.54) is 12.1 Å². The number of hydrogen-bond donors (Lipinski definition) is 2. The summed E-state index contributed by atoms with van der Waals surface area (Å²) in [5.74, 6) is -0.665. The first kappa shape index (κ1) is 19.9. The average Bonchev–Trinajstić information content (AvgIpc) is 2.60. The van der Waals surface area contributed by atoms with Gasteiger partial charge in [-0.05, 0) is 44.2 Å². The first-order valence-corrected chi connectivity index (χ1v) is 8.67. The van der Waals surface area contributed by atoms with Gasteiger partial charge in [0.2, 0.25) is 0 Å². The van der Waals surface area contributed by atoms with Crippen LogP contribution in [0, 0.1) is 0 Å². The minimum Gasteiger partial charge on any atom is -0.490 e. The zero-order valence-corrected chi connectivity index (χ0v) is 15.8. The van der Waals surface area contributed by atoms with E-state index >= 15 is 0 Å². The lowest BCUT2D eigenvalue weighted by molar-refractivity contribution is -0.132. The van der Waals surface area contributed by atoms with Gasteiger partial charge in [-0.2, -0.15) is 0 Å². The lowest BCUT2D eigenvalue weighted by atomic mass is 10.2. The molecule has 138 valence electrons. The molecule has 0 aliphatic rings. The van der Waals surface area contributed by atoms with Crippen LogP contribution < -0.4 is 20.1 Å². The quantitative estimate of drug-likeness (QED) is 0.710. The summed E-state index contributed by atoms with van der Waals surface area (Å²) < 4.78 is 10.9. The van der Waals surface area contributed by atoms with Crippen LogP contribution in [0.5, 0.6) is 11.5 Å². The van der Waals surface area contributed by atoms with E-state index in [0.717, 1.165) is 0 Å². The van der Waals surface area contributed by atoms with Gasteiger partial charge in [-0.25, -0.2) is 0 Å². The van der Waals surface area contributed by atoms with Gasteiger partial charge in [0.05, 0.1) is 23.9 Å². The predicted molar refractivity (Wildman–Crippen MR) is 103 cm³/mol. The second kappa shape index (κ2) is 9.31. The summed E-state index contributed by atoms with van der Waals surface area (Å²) in [4.78, 5) is 24.2. The van der Waals surface area contributed by atoms with Gasteiger partial charge in [0.1, 0.15) is 0 Å². The van der Waals surface area contributed by atoms with E-state index in [0.29, 0.717) is 35.4 Å². The molecule has 2 rings (SSSR count). The van der Waals surface area contributed by atoms with Crippen molar-refractivity contribution in [2.24, 2.45) is 0 Å². The van der Waals surface area contributed by atoms with Crippen molar-refractivity contribution in [3.05, 3.63) is 46.4 Å². The highest BCUT2D eigenvalue weighted by molar-refractivity contribution is 6.45. The molecule has 6 nitrogen and oxygen atoms in total. The van der Waals surface area contributed by atoms with E-state index in [-0.39, 0.29) is 10.7 Å². The average molecular weight is 397 g/mol.